The molecule has 2 aliphatic heterocycles. The molecule has 20 heavy (non-hydrogen) atoms. The van der Waals surface area contributed by atoms with Crippen molar-refractivity contribution in [2.24, 2.45) is 0 Å². The van der Waals surface area contributed by atoms with Gasteiger partial charge in [0.05, 0.1) is 7.11 Å². The zero-order chi connectivity index (χ0) is 14.9. The van der Waals surface area contributed by atoms with E-state index in [0.717, 1.165) is 6.42 Å². The van der Waals surface area contributed by atoms with E-state index < -0.39 is 23.5 Å². The molecule has 2 aliphatic rings. The number of esters is 1. The maximum Gasteiger partial charge on any atom is 0.329 e. The lowest BCUT2D eigenvalue weighted by Crippen LogP contribution is -2.56. The van der Waals surface area contributed by atoms with E-state index in [-0.39, 0.29) is 6.03 Å². The Hall–Kier alpha value is -1.79. The van der Waals surface area contributed by atoms with Gasteiger partial charge in [-0.25, -0.2) is 14.4 Å². The number of ether oxygens (including phenoxy) is 1. The van der Waals surface area contributed by atoms with Crippen LogP contribution in [-0.4, -0.2) is 64.7 Å². The first-order valence-corrected chi connectivity index (χ1v) is 6.81. The van der Waals surface area contributed by atoms with E-state index in [0.29, 0.717) is 32.4 Å². The fourth-order valence-corrected chi connectivity index (χ4v) is 3.02. The highest BCUT2D eigenvalue weighted by Crippen LogP contribution is 2.32. The second-order valence-electron chi connectivity index (χ2n) is 5.49. The van der Waals surface area contributed by atoms with Crippen LogP contribution in [0.1, 0.15) is 32.6 Å². The summed E-state index contributed by atoms with van der Waals surface area (Å²) in [5.41, 5.74) is -1.18. The van der Waals surface area contributed by atoms with Crippen molar-refractivity contribution in [2.45, 2.75) is 44.2 Å². The third-order valence-corrected chi connectivity index (χ3v) is 4.30. The number of urea groups is 1. The van der Waals surface area contributed by atoms with Crippen LogP contribution < -0.4 is 0 Å². The number of carbonyl (C=O) groups is 3. The van der Waals surface area contributed by atoms with Crippen LogP contribution >= 0.6 is 0 Å². The minimum absolute atomic E-state index is 0.375. The molecule has 2 fully saturated rings. The Morgan fingerprint density at radius 1 is 1.25 bits per heavy atom. The van der Waals surface area contributed by atoms with Gasteiger partial charge in [0.15, 0.2) is 0 Å². The van der Waals surface area contributed by atoms with Gasteiger partial charge in [-0.1, -0.05) is 0 Å². The summed E-state index contributed by atoms with van der Waals surface area (Å²) in [6.07, 6.45) is 2.38. The van der Waals surface area contributed by atoms with Crippen molar-refractivity contribution in [3.8, 4) is 0 Å². The Morgan fingerprint density at radius 2 is 1.95 bits per heavy atom. The number of methoxy groups -OCH3 is 1. The third-order valence-electron chi connectivity index (χ3n) is 4.30. The Morgan fingerprint density at radius 3 is 2.55 bits per heavy atom. The molecule has 7 heteroatoms. The summed E-state index contributed by atoms with van der Waals surface area (Å²) >= 11 is 0. The summed E-state index contributed by atoms with van der Waals surface area (Å²) in [4.78, 5) is 38.5. The fourth-order valence-electron chi connectivity index (χ4n) is 3.02. The second kappa shape index (κ2) is 5.30. The number of carbonyl (C=O) groups excluding carboxylic acids is 2. The summed E-state index contributed by atoms with van der Waals surface area (Å²) in [7, 11) is 1.29. The maximum atomic E-state index is 12.6. The Labute approximate surface area is 117 Å². The second-order valence-corrected chi connectivity index (χ2v) is 5.49. The number of hydrogen-bond acceptors (Lipinski definition) is 4. The van der Waals surface area contributed by atoms with Gasteiger partial charge in [0, 0.05) is 13.1 Å². The average Bonchev–Trinajstić information content (AvgIpc) is 3.04. The van der Waals surface area contributed by atoms with E-state index in [9.17, 15) is 19.5 Å². The molecular formula is C13H20N2O5. The van der Waals surface area contributed by atoms with Crippen molar-refractivity contribution < 1.29 is 24.2 Å². The first kappa shape index (κ1) is 14.6. The quantitative estimate of drug-likeness (QED) is 0.754. The van der Waals surface area contributed by atoms with Gasteiger partial charge in [0.25, 0.3) is 0 Å². The average molecular weight is 284 g/mol. The topological polar surface area (TPSA) is 87.2 Å². The van der Waals surface area contributed by atoms with Crippen molar-refractivity contribution >= 4 is 18.0 Å². The Bertz CT molecular complexity index is 438. The lowest BCUT2D eigenvalue weighted by molar-refractivity contribution is -0.147. The standard InChI is InChI=1S/C13H20N2O5/c1-13(11(17)18)6-4-8-15(13)12(19)14-7-3-5-9(14)10(16)20-2/h9H,3-8H2,1-2H3,(H,17,18). The summed E-state index contributed by atoms with van der Waals surface area (Å²) in [5.74, 6) is -1.44. The Kier molecular flexibility index (Phi) is 3.87. The minimum Gasteiger partial charge on any atom is -0.480 e. The third kappa shape index (κ3) is 2.21. The fraction of sp³-hybridized carbons (Fsp3) is 0.769. The number of carboxylic acid groups (broad SMARTS) is 1. The molecule has 112 valence electrons. The molecule has 0 radical (unpaired) electrons. The van der Waals surface area contributed by atoms with E-state index in [1.165, 1.54) is 16.9 Å². The highest BCUT2D eigenvalue weighted by molar-refractivity contribution is 5.89. The van der Waals surface area contributed by atoms with Crippen LogP contribution in [0.5, 0.6) is 0 Å². The van der Waals surface area contributed by atoms with E-state index in [1.807, 2.05) is 0 Å². The smallest absolute Gasteiger partial charge is 0.329 e. The molecule has 2 unspecified atom stereocenters. The van der Waals surface area contributed by atoms with Crippen molar-refractivity contribution in [3.63, 3.8) is 0 Å². The summed E-state index contributed by atoms with van der Waals surface area (Å²) in [6.45, 7) is 2.43. The summed E-state index contributed by atoms with van der Waals surface area (Å²) in [5, 5.41) is 9.35. The van der Waals surface area contributed by atoms with Crippen molar-refractivity contribution in [3.05, 3.63) is 0 Å². The van der Waals surface area contributed by atoms with Crippen LogP contribution in [0.3, 0.4) is 0 Å². The molecule has 7 nitrogen and oxygen atoms in total. The molecule has 2 rings (SSSR count). The molecule has 1 N–H and O–H groups in total. The number of likely N-dealkylation sites (tertiary alicyclic amines) is 2. The van der Waals surface area contributed by atoms with Crippen molar-refractivity contribution in [1.82, 2.24) is 9.80 Å². The van der Waals surface area contributed by atoms with E-state index >= 15 is 0 Å². The molecule has 2 amide bonds. The molecule has 0 bridgehead atoms. The number of nitrogens with zero attached hydrogens (tertiary/aromatic N) is 2. The van der Waals surface area contributed by atoms with Gasteiger partial charge in [-0.05, 0) is 32.6 Å². The molecular weight excluding hydrogens is 264 g/mol. The van der Waals surface area contributed by atoms with Crippen LogP contribution in [-0.2, 0) is 14.3 Å². The van der Waals surface area contributed by atoms with E-state index in [1.54, 1.807) is 6.92 Å². The normalized spacial score (nSPS) is 29.6. The molecule has 2 saturated heterocycles. The minimum atomic E-state index is -1.18. The van der Waals surface area contributed by atoms with Gasteiger partial charge < -0.3 is 19.6 Å². The predicted molar refractivity (Wildman–Crippen MR) is 69.1 cm³/mol. The number of aliphatic carboxylic acids is 1. The highest BCUT2D eigenvalue weighted by atomic mass is 16.5. The number of hydrogen-bond donors (Lipinski definition) is 1. The van der Waals surface area contributed by atoms with Gasteiger partial charge in [-0.2, -0.15) is 0 Å². The zero-order valence-corrected chi connectivity index (χ0v) is 11.8. The number of carboxylic acids is 1. The van der Waals surface area contributed by atoms with Crippen LogP contribution in [0.4, 0.5) is 4.79 Å². The molecule has 0 aromatic carbocycles. The summed E-state index contributed by atoms with van der Waals surface area (Å²) < 4.78 is 4.71. The summed E-state index contributed by atoms with van der Waals surface area (Å²) in [6, 6.07) is -0.966. The zero-order valence-electron chi connectivity index (χ0n) is 11.8. The molecule has 0 spiro atoms. The molecule has 0 aromatic rings. The van der Waals surface area contributed by atoms with Crippen molar-refractivity contribution in [2.75, 3.05) is 20.2 Å². The van der Waals surface area contributed by atoms with E-state index in [4.69, 9.17) is 4.74 Å². The first-order chi connectivity index (χ1) is 9.41. The van der Waals surface area contributed by atoms with Gasteiger partial charge in [0.2, 0.25) is 0 Å². The maximum absolute atomic E-state index is 12.6. The number of amides is 2. The molecule has 2 heterocycles. The van der Waals surface area contributed by atoms with Crippen molar-refractivity contribution in [1.29, 1.82) is 0 Å². The predicted octanol–water partition coefficient (Wildman–Crippen LogP) is 0.683. The van der Waals surface area contributed by atoms with Crippen LogP contribution in [0.25, 0.3) is 0 Å². The van der Waals surface area contributed by atoms with Gasteiger partial charge in [-0.15, -0.1) is 0 Å². The largest absolute Gasteiger partial charge is 0.480 e. The molecule has 0 aliphatic carbocycles. The van der Waals surface area contributed by atoms with Crippen LogP contribution in [0.15, 0.2) is 0 Å². The highest BCUT2D eigenvalue weighted by Gasteiger charge is 2.49. The van der Waals surface area contributed by atoms with Gasteiger partial charge >= 0.3 is 18.0 Å². The Balaban J connectivity index is 2.18. The van der Waals surface area contributed by atoms with Crippen LogP contribution in [0, 0.1) is 0 Å². The lowest BCUT2D eigenvalue weighted by Gasteiger charge is -2.35. The SMILES string of the molecule is COC(=O)C1CCCN1C(=O)N1CCCC1(C)C(=O)O. The van der Waals surface area contributed by atoms with Crippen LogP contribution in [0.2, 0.25) is 0 Å². The lowest BCUT2D eigenvalue weighted by atomic mass is 9.99. The first-order valence-electron chi connectivity index (χ1n) is 6.81. The molecule has 2 atom stereocenters. The monoisotopic (exact) mass is 284 g/mol. The number of rotatable bonds is 2. The van der Waals surface area contributed by atoms with E-state index in [2.05, 4.69) is 0 Å². The molecule has 0 aromatic heterocycles. The molecule has 0 saturated carbocycles. The van der Waals surface area contributed by atoms with Gasteiger partial charge in [-0.3, -0.25) is 0 Å². The van der Waals surface area contributed by atoms with Gasteiger partial charge in [0.1, 0.15) is 11.6 Å².